The fourth-order valence-electron chi connectivity index (χ4n) is 2.63. The Hall–Kier alpha value is -3.14. The van der Waals surface area contributed by atoms with E-state index in [2.05, 4.69) is 19.1 Å². The molecule has 114 valence electrons. The predicted molar refractivity (Wildman–Crippen MR) is 93.1 cm³/mol. The summed E-state index contributed by atoms with van der Waals surface area (Å²) in [6.45, 7) is 2.07. The number of nitrogens with zero attached hydrogens (tertiary/aromatic N) is 1. The number of anilines is 1. The van der Waals surface area contributed by atoms with Gasteiger partial charge in [-0.05, 0) is 35.2 Å². The van der Waals surface area contributed by atoms with Crippen molar-refractivity contribution in [2.45, 2.75) is 6.92 Å². The highest BCUT2D eigenvalue weighted by Crippen LogP contribution is 2.32. The summed E-state index contributed by atoms with van der Waals surface area (Å²) in [5.74, 6) is 0. The van der Waals surface area contributed by atoms with Crippen molar-refractivity contribution in [1.29, 1.82) is 0 Å². The van der Waals surface area contributed by atoms with E-state index in [0.717, 1.165) is 11.1 Å². The number of aryl methyl sites for hydroxylation is 1. The van der Waals surface area contributed by atoms with Gasteiger partial charge >= 0.3 is 0 Å². The Morgan fingerprint density at radius 2 is 1.48 bits per heavy atom. The van der Waals surface area contributed by atoms with Gasteiger partial charge in [-0.3, -0.25) is 10.1 Å². The monoisotopic (exact) mass is 304 g/mol. The van der Waals surface area contributed by atoms with Crippen LogP contribution in [-0.4, -0.2) is 4.92 Å². The molecule has 0 amide bonds. The van der Waals surface area contributed by atoms with Crippen molar-refractivity contribution in [3.63, 3.8) is 0 Å². The van der Waals surface area contributed by atoms with Crippen LogP contribution in [0.5, 0.6) is 0 Å². The van der Waals surface area contributed by atoms with Crippen LogP contribution in [0.25, 0.3) is 22.3 Å². The fraction of sp³-hybridized carbons (Fsp3) is 0.0526. The lowest BCUT2D eigenvalue weighted by molar-refractivity contribution is -0.384. The molecule has 3 aromatic rings. The van der Waals surface area contributed by atoms with Crippen LogP contribution in [0, 0.1) is 17.0 Å². The van der Waals surface area contributed by atoms with Crippen LogP contribution < -0.4 is 5.73 Å². The summed E-state index contributed by atoms with van der Waals surface area (Å²) >= 11 is 0. The Morgan fingerprint density at radius 3 is 2.09 bits per heavy atom. The number of nitrogen functional groups attached to an aromatic ring is 1. The zero-order valence-corrected chi connectivity index (χ0v) is 12.7. The average molecular weight is 304 g/mol. The second-order valence-electron chi connectivity index (χ2n) is 5.42. The second kappa shape index (κ2) is 5.93. The van der Waals surface area contributed by atoms with Gasteiger partial charge in [0.2, 0.25) is 0 Å². The van der Waals surface area contributed by atoms with E-state index in [0.29, 0.717) is 11.3 Å². The van der Waals surface area contributed by atoms with E-state index >= 15 is 0 Å². The van der Waals surface area contributed by atoms with Gasteiger partial charge in [-0.1, -0.05) is 48.5 Å². The first-order valence-corrected chi connectivity index (χ1v) is 7.26. The highest BCUT2D eigenvalue weighted by Gasteiger charge is 2.11. The first-order valence-electron chi connectivity index (χ1n) is 7.26. The Bertz CT molecular complexity index is 871. The predicted octanol–water partition coefficient (Wildman–Crippen LogP) is 4.82. The SMILES string of the molecule is Cc1ccccc1-c1ccc(-c2cc([N+](=O)[O-])ccc2N)cc1. The molecule has 3 aromatic carbocycles. The normalized spacial score (nSPS) is 10.5. The molecule has 0 heterocycles. The van der Waals surface area contributed by atoms with Crippen LogP contribution in [0.15, 0.2) is 66.7 Å². The van der Waals surface area contributed by atoms with Crippen molar-refractivity contribution in [2.24, 2.45) is 0 Å². The number of hydrogen-bond acceptors (Lipinski definition) is 3. The molecular weight excluding hydrogens is 288 g/mol. The molecule has 0 aliphatic heterocycles. The molecule has 0 aromatic heterocycles. The van der Waals surface area contributed by atoms with Crippen molar-refractivity contribution in [2.75, 3.05) is 5.73 Å². The first kappa shape index (κ1) is 14.8. The Balaban J connectivity index is 2.02. The van der Waals surface area contributed by atoms with Gasteiger partial charge in [-0.15, -0.1) is 0 Å². The summed E-state index contributed by atoms with van der Waals surface area (Å²) in [7, 11) is 0. The first-order chi connectivity index (χ1) is 11.1. The van der Waals surface area contributed by atoms with Gasteiger partial charge in [-0.2, -0.15) is 0 Å². The summed E-state index contributed by atoms with van der Waals surface area (Å²) in [4.78, 5) is 10.5. The maximum Gasteiger partial charge on any atom is 0.270 e. The van der Waals surface area contributed by atoms with Crippen LogP contribution >= 0.6 is 0 Å². The third-order valence-electron chi connectivity index (χ3n) is 3.90. The highest BCUT2D eigenvalue weighted by molar-refractivity contribution is 5.80. The number of non-ortho nitro benzene ring substituents is 1. The van der Waals surface area contributed by atoms with Crippen LogP contribution in [0.2, 0.25) is 0 Å². The average Bonchev–Trinajstić information content (AvgIpc) is 2.56. The quantitative estimate of drug-likeness (QED) is 0.428. The van der Waals surface area contributed by atoms with Crippen LogP contribution in [-0.2, 0) is 0 Å². The molecule has 0 aliphatic rings. The molecule has 0 aliphatic carbocycles. The molecule has 0 radical (unpaired) electrons. The van der Waals surface area contributed by atoms with E-state index < -0.39 is 4.92 Å². The minimum Gasteiger partial charge on any atom is -0.398 e. The lowest BCUT2D eigenvalue weighted by Gasteiger charge is -2.09. The smallest absolute Gasteiger partial charge is 0.270 e. The summed E-state index contributed by atoms with van der Waals surface area (Å²) in [6, 6.07) is 20.6. The summed E-state index contributed by atoms with van der Waals surface area (Å²) in [5.41, 5.74) is 11.6. The van der Waals surface area contributed by atoms with E-state index in [1.165, 1.54) is 23.3 Å². The number of rotatable bonds is 3. The van der Waals surface area contributed by atoms with Crippen molar-refractivity contribution in [1.82, 2.24) is 0 Å². The maximum absolute atomic E-state index is 10.9. The number of nitro benzene ring substituents is 1. The van der Waals surface area contributed by atoms with Crippen LogP contribution in [0.1, 0.15) is 5.56 Å². The molecule has 0 fully saturated rings. The van der Waals surface area contributed by atoms with Crippen LogP contribution in [0.4, 0.5) is 11.4 Å². The van der Waals surface area contributed by atoms with Crippen LogP contribution in [0.3, 0.4) is 0 Å². The molecule has 23 heavy (non-hydrogen) atoms. The molecule has 0 saturated carbocycles. The van der Waals surface area contributed by atoms with E-state index in [4.69, 9.17) is 5.73 Å². The second-order valence-corrected chi connectivity index (χ2v) is 5.42. The van der Waals surface area contributed by atoms with Gasteiger partial charge < -0.3 is 5.73 Å². The number of benzene rings is 3. The maximum atomic E-state index is 10.9. The highest BCUT2D eigenvalue weighted by atomic mass is 16.6. The molecule has 4 heteroatoms. The molecule has 3 rings (SSSR count). The number of nitro groups is 1. The molecule has 2 N–H and O–H groups in total. The molecular formula is C19H16N2O2. The van der Waals surface area contributed by atoms with Crippen molar-refractivity contribution in [3.05, 3.63) is 82.4 Å². The molecule has 0 saturated heterocycles. The topological polar surface area (TPSA) is 69.2 Å². The van der Waals surface area contributed by atoms with Gasteiger partial charge in [0.1, 0.15) is 0 Å². The number of hydrogen-bond donors (Lipinski definition) is 1. The van der Waals surface area contributed by atoms with Gasteiger partial charge in [0, 0.05) is 23.4 Å². The zero-order chi connectivity index (χ0) is 16.4. The molecule has 0 spiro atoms. The summed E-state index contributed by atoms with van der Waals surface area (Å²) < 4.78 is 0. The zero-order valence-electron chi connectivity index (χ0n) is 12.7. The minimum atomic E-state index is -0.412. The lowest BCUT2D eigenvalue weighted by atomic mass is 9.97. The largest absolute Gasteiger partial charge is 0.398 e. The van der Waals surface area contributed by atoms with Crippen molar-refractivity contribution in [3.8, 4) is 22.3 Å². The summed E-state index contributed by atoms with van der Waals surface area (Å²) in [6.07, 6.45) is 0. The molecule has 0 unspecified atom stereocenters. The van der Waals surface area contributed by atoms with Crippen molar-refractivity contribution < 1.29 is 4.92 Å². The Kier molecular flexibility index (Phi) is 3.81. The van der Waals surface area contributed by atoms with E-state index in [1.54, 1.807) is 6.07 Å². The Labute approximate surface area is 134 Å². The van der Waals surface area contributed by atoms with E-state index in [9.17, 15) is 10.1 Å². The standard InChI is InChI=1S/C19H16N2O2/c1-13-4-2-3-5-17(13)14-6-8-15(9-7-14)18-12-16(21(22)23)10-11-19(18)20/h2-12H,20H2,1H3. The minimum absolute atomic E-state index is 0.0391. The van der Waals surface area contributed by atoms with E-state index in [1.807, 2.05) is 36.4 Å². The fourth-order valence-corrected chi connectivity index (χ4v) is 2.63. The molecule has 4 nitrogen and oxygen atoms in total. The van der Waals surface area contributed by atoms with Gasteiger partial charge in [-0.25, -0.2) is 0 Å². The number of nitrogens with two attached hydrogens (primary N) is 1. The Morgan fingerprint density at radius 1 is 0.870 bits per heavy atom. The van der Waals surface area contributed by atoms with Gasteiger partial charge in [0.25, 0.3) is 5.69 Å². The third-order valence-corrected chi connectivity index (χ3v) is 3.90. The molecule has 0 bridgehead atoms. The van der Waals surface area contributed by atoms with Gasteiger partial charge in [0.15, 0.2) is 0 Å². The van der Waals surface area contributed by atoms with Gasteiger partial charge in [0.05, 0.1) is 4.92 Å². The lowest BCUT2D eigenvalue weighted by Crippen LogP contribution is -1.94. The van der Waals surface area contributed by atoms with Crippen molar-refractivity contribution >= 4 is 11.4 Å². The summed E-state index contributed by atoms with van der Waals surface area (Å²) in [5, 5.41) is 10.9. The molecule has 0 atom stereocenters. The van der Waals surface area contributed by atoms with E-state index in [-0.39, 0.29) is 5.69 Å². The third kappa shape index (κ3) is 2.92.